The number of hydrogen-bond donors (Lipinski definition) is 1. The first kappa shape index (κ1) is 18.4. The fourth-order valence-corrected chi connectivity index (χ4v) is 2.98. The van der Waals surface area contributed by atoms with Crippen molar-refractivity contribution in [3.63, 3.8) is 0 Å². The summed E-state index contributed by atoms with van der Waals surface area (Å²) in [5.41, 5.74) is 1.56. The van der Waals surface area contributed by atoms with Gasteiger partial charge in [0.1, 0.15) is 5.75 Å². The van der Waals surface area contributed by atoms with Crippen molar-refractivity contribution in [2.45, 2.75) is 6.42 Å². The Balaban J connectivity index is 1.67. The van der Waals surface area contributed by atoms with Crippen molar-refractivity contribution in [3.8, 4) is 5.75 Å². The number of carbonyl (C=O) groups excluding carboxylic acids is 3. The lowest BCUT2D eigenvalue weighted by Gasteiger charge is -2.17. The first-order valence-corrected chi connectivity index (χ1v) is 8.45. The summed E-state index contributed by atoms with van der Waals surface area (Å²) in [5, 5.41) is 2.77. The zero-order valence-corrected chi connectivity index (χ0v) is 15.1. The maximum absolute atomic E-state index is 12.6. The van der Waals surface area contributed by atoms with E-state index in [1.807, 2.05) is 0 Å². The van der Waals surface area contributed by atoms with Crippen molar-refractivity contribution >= 4 is 29.2 Å². The molecule has 2 aromatic rings. The van der Waals surface area contributed by atoms with Gasteiger partial charge in [-0.1, -0.05) is 6.07 Å². The molecule has 7 heteroatoms. The molecule has 0 radical (unpaired) electrons. The molecule has 0 spiro atoms. The van der Waals surface area contributed by atoms with E-state index in [1.165, 1.54) is 7.11 Å². The van der Waals surface area contributed by atoms with Crippen molar-refractivity contribution in [1.82, 2.24) is 0 Å². The minimum Gasteiger partial charge on any atom is -0.497 e. The average Bonchev–Trinajstić information content (AvgIpc) is 3.09. The van der Waals surface area contributed by atoms with Crippen LogP contribution in [0.4, 0.5) is 11.4 Å². The summed E-state index contributed by atoms with van der Waals surface area (Å²) < 4.78 is 9.80. The van der Waals surface area contributed by atoms with E-state index in [0.29, 0.717) is 23.5 Å². The van der Waals surface area contributed by atoms with Gasteiger partial charge in [0.2, 0.25) is 11.8 Å². The van der Waals surface area contributed by atoms with Crippen LogP contribution in [-0.2, 0) is 14.3 Å². The lowest BCUT2D eigenvalue weighted by atomic mass is 10.1. The van der Waals surface area contributed by atoms with Gasteiger partial charge < -0.3 is 19.7 Å². The van der Waals surface area contributed by atoms with Gasteiger partial charge in [-0.05, 0) is 42.5 Å². The number of hydrogen-bond acceptors (Lipinski definition) is 5. The van der Waals surface area contributed by atoms with Crippen LogP contribution in [0.3, 0.4) is 0 Å². The molecule has 1 aliphatic heterocycles. The molecule has 1 atom stereocenters. The van der Waals surface area contributed by atoms with E-state index in [1.54, 1.807) is 60.5 Å². The molecule has 0 aromatic heterocycles. The number of nitrogens with one attached hydrogen (secondary N) is 1. The van der Waals surface area contributed by atoms with E-state index in [9.17, 15) is 14.4 Å². The van der Waals surface area contributed by atoms with E-state index in [0.717, 1.165) is 5.69 Å². The van der Waals surface area contributed by atoms with E-state index >= 15 is 0 Å². The SMILES string of the molecule is COC(=O)c1cccc(NC(=O)C2CC(=O)N(c3ccc(OC)cc3)C2)c1. The molecular formula is C20H20N2O5. The summed E-state index contributed by atoms with van der Waals surface area (Å²) >= 11 is 0. The van der Waals surface area contributed by atoms with Gasteiger partial charge in [0.15, 0.2) is 0 Å². The molecule has 0 aliphatic carbocycles. The Hall–Kier alpha value is -3.35. The van der Waals surface area contributed by atoms with E-state index in [2.05, 4.69) is 10.1 Å². The Kier molecular flexibility index (Phi) is 5.40. The topological polar surface area (TPSA) is 84.9 Å². The van der Waals surface area contributed by atoms with Crippen LogP contribution in [0.1, 0.15) is 16.8 Å². The molecular weight excluding hydrogens is 348 g/mol. The van der Waals surface area contributed by atoms with Gasteiger partial charge in [-0.15, -0.1) is 0 Å². The summed E-state index contributed by atoms with van der Waals surface area (Å²) in [6, 6.07) is 13.6. The van der Waals surface area contributed by atoms with Crippen LogP contribution in [0.2, 0.25) is 0 Å². The highest BCUT2D eigenvalue weighted by atomic mass is 16.5. The van der Waals surface area contributed by atoms with Crippen LogP contribution < -0.4 is 15.0 Å². The minimum atomic E-state index is -0.479. The smallest absolute Gasteiger partial charge is 0.337 e. The van der Waals surface area contributed by atoms with Gasteiger partial charge in [-0.25, -0.2) is 4.79 Å². The summed E-state index contributed by atoms with van der Waals surface area (Å²) in [4.78, 5) is 38.1. The van der Waals surface area contributed by atoms with Crippen molar-refractivity contribution in [2.24, 2.45) is 5.92 Å². The minimum absolute atomic E-state index is 0.108. The van der Waals surface area contributed by atoms with Crippen molar-refractivity contribution in [1.29, 1.82) is 0 Å². The number of rotatable bonds is 5. The molecule has 2 aromatic carbocycles. The normalized spacial score (nSPS) is 16.1. The molecule has 1 aliphatic rings. The van der Waals surface area contributed by atoms with Crippen LogP contribution in [0.25, 0.3) is 0 Å². The lowest BCUT2D eigenvalue weighted by Crippen LogP contribution is -2.28. The summed E-state index contributed by atoms with van der Waals surface area (Å²) in [5.74, 6) is -0.621. The van der Waals surface area contributed by atoms with Crippen molar-refractivity contribution in [3.05, 3.63) is 54.1 Å². The standard InChI is InChI=1S/C20H20N2O5/c1-26-17-8-6-16(7-9-17)22-12-14(11-18(22)23)19(24)21-15-5-3-4-13(10-15)20(25)27-2/h3-10,14H,11-12H2,1-2H3,(H,21,24). The van der Waals surface area contributed by atoms with Crippen LogP contribution in [-0.4, -0.2) is 38.5 Å². The van der Waals surface area contributed by atoms with E-state index in [4.69, 9.17) is 4.74 Å². The molecule has 7 nitrogen and oxygen atoms in total. The Morgan fingerprint density at radius 2 is 1.85 bits per heavy atom. The fraction of sp³-hybridized carbons (Fsp3) is 0.250. The molecule has 1 N–H and O–H groups in total. The highest BCUT2D eigenvalue weighted by Crippen LogP contribution is 2.27. The van der Waals surface area contributed by atoms with Gasteiger partial charge in [-0.2, -0.15) is 0 Å². The maximum atomic E-state index is 12.6. The Bertz CT molecular complexity index is 863. The Morgan fingerprint density at radius 3 is 2.52 bits per heavy atom. The second kappa shape index (κ2) is 7.90. The van der Waals surface area contributed by atoms with Gasteiger partial charge in [0, 0.05) is 24.3 Å². The van der Waals surface area contributed by atoms with Crippen molar-refractivity contribution in [2.75, 3.05) is 31.0 Å². The zero-order valence-electron chi connectivity index (χ0n) is 15.1. The quantitative estimate of drug-likeness (QED) is 0.820. The van der Waals surface area contributed by atoms with Gasteiger partial charge in [-0.3, -0.25) is 9.59 Å². The number of methoxy groups -OCH3 is 2. The first-order valence-electron chi connectivity index (χ1n) is 8.45. The van der Waals surface area contributed by atoms with E-state index in [-0.39, 0.29) is 18.2 Å². The molecule has 140 valence electrons. The van der Waals surface area contributed by atoms with E-state index < -0.39 is 11.9 Å². The highest BCUT2D eigenvalue weighted by molar-refractivity contribution is 6.03. The van der Waals surface area contributed by atoms with Gasteiger partial charge >= 0.3 is 5.97 Å². The Labute approximate surface area is 156 Å². The molecule has 1 saturated heterocycles. The summed E-state index contributed by atoms with van der Waals surface area (Å²) in [6.45, 7) is 0.299. The molecule has 0 saturated carbocycles. The number of ether oxygens (including phenoxy) is 2. The summed E-state index contributed by atoms with van der Waals surface area (Å²) in [7, 11) is 2.87. The highest BCUT2D eigenvalue weighted by Gasteiger charge is 2.35. The monoisotopic (exact) mass is 368 g/mol. The number of amides is 2. The molecule has 1 heterocycles. The third-order valence-electron chi connectivity index (χ3n) is 4.43. The first-order chi connectivity index (χ1) is 13.0. The fourth-order valence-electron chi connectivity index (χ4n) is 2.98. The number of anilines is 2. The lowest BCUT2D eigenvalue weighted by molar-refractivity contribution is -0.122. The van der Waals surface area contributed by atoms with Crippen molar-refractivity contribution < 1.29 is 23.9 Å². The number of esters is 1. The van der Waals surface area contributed by atoms with Crippen LogP contribution >= 0.6 is 0 Å². The third kappa shape index (κ3) is 4.08. The maximum Gasteiger partial charge on any atom is 0.337 e. The largest absolute Gasteiger partial charge is 0.497 e. The van der Waals surface area contributed by atoms with Gasteiger partial charge in [0.05, 0.1) is 25.7 Å². The second-order valence-corrected chi connectivity index (χ2v) is 6.17. The predicted octanol–water partition coefficient (Wildman–Crippen LogP) is 2.47. The molecule has 3 rings (SSSR count). The number of carbonyl (C=O) groups is 3. The molecule has 0 bridgehead atoms. The zero-order chi connectivity index (χ0) is 19.4. The second-order valence-electron chi connectivity index (χ2n) is 6.17. The predicted molar refractivity (Wildman–Crippen MR) is 99.9 cm³/mol. The van der Waals surface area contributed by atoms with Crippen LogP contribution in [0, 0.1) is 5.92 Å². The average molecular weight is 368 g/mol. The molecule has 1 unspecified atom stereocenters. The van der Waals surface area contributed by atoms with Crippen LogP contribution in [0.5, 0.6) is 5.75 Å². The molecule has 27 heavy (non-hydrogen) atoms. The molecule has 2 amide bonds. The van der Waals surface area contributed by atoms with Gasteiger partial charge in [0.25, 0.3) is 0 Å². The number of nitrogens with zero attached hydrogens (tertiary/aromatic N) is 1. The third-order valence-corrected chi connectivity index (χ3v) is 4.43. The summed E-state index contributed by atoms with van der Waals surface area (Å²) in [6.07, 6.45) is 0.133. The Morgan fingerprint density at radius 1 is 1.11 bits per heavy atom. The molecule has 1 fully saturated rings. The van der Waals surface area contributed by atoms with Crippen LogP contribution in [0.15, 0.2) is 48.5 Å². The number of benzene rings is 2.